The largest absolute Gasteiger partial charge is 0.348 e. The van der Waals surface area contributed by atoms with Crippen LogP contribution in [0.3, 0.4) is 0 Å². The molecule has 168 valence electrons. The Labute approximate surface area is 188 Å². The predicted molar refractivity (Wildman–Crippen MR) is 124 cm³/mol. The molecular formula is C21H33N3O3S3. The highest BCUT2D eigenvalue weighted by molar-refractivity contribution is 7.99. The molecule has 2 saturated heterocycles. The van der Waals surface area contributed by atoms with E-state index in [0.717, 1.165) is 43.4 Å². The molecule has 1 saturated carbocycles. The summed E-state index contributed by atoms with van der Waals surface area (Å²) in [4.78, 5) is 16.0. The Balaban J connectivity index is 1.31. The van der Waals surface area contributed by atoms with Crippen LogP contribution in [0.5, 0.6) is 0 Å². The molecule has 1 aliphatic carbocycles. The van der Waals surface area contributed by atoms with Crippen LogP contribution in [0.1, 0.15) is 54.6 Å². The molecule has 3 fully saturated rings. The first-order valence-electron chi connectivity index (χ1n) is 11.2. The molecule has 3 heterocycles. The lowest BCUT2D eigenvalue weighted by Gasteiger charge is -2.35. The van der Waals surface area contributed by atoms with Gasteiger partial charge in [0.25, 0.3) is 5.91 Å². The fourth-order valence-corrected chi connectivity index (χ4v) is 8.72. The summed E-state index contributed by atoms with van der Waals surface area (Å²) < 4.78 is 27.6. The molecular weight excluding hydrogens is 438 g/mol. The van der Waals surface area contributed by atoms with E-state index < -0.39 is 10.0 Å². The maximum atomic E-state index is 13.0. The Morgan fingerprint density at radius 3 is 2.43 bits per heavy atom. The van der Waals surface area contributed by atoms with Gasteiger partial charge in [-0.3, -0.25) is 4.79 Å². The zero-order valence-corrected chi connectivity index (χ0v) is 20.0. The number of likely N-dealkylation sites (tertiary alicyclic amines) is 1. The standard InChI is InChI=1S/C21H33N3O3S3/c25-21(20-19(8-13-29-20)30(26,27)24-11-14-28-15-12-24)22-18-6-9-23(10-7-18)16-17-4-2-1-3-5-17/h8,13,17-18H,1-7,9-12,14-16H2,(H,22,25). The van der Waals surface area contributed by atoms with Gasteiger partial charge in [-0.25, -0.2) is 8.42 Å². The number of sulfonamides is 1. The quantitative estimate of drug-likeness (QED) is 0.690. The van der Waals surface area contributed by atoms with Crippen molar-refractivity contribution in [2.45, 2.75) is 55.9 Å². The summed E-state index contributed by atoms with van der Waals surface area (Å²) in [5.74, 6) is 2.23. The number of thioether (sulfide) groups is 1. The number of thiophene rings is 1. The summed E-state index contributed by atoms with van der Waals surface area (Å²) in [6.07, 6.45) is 8.75. The van der Waals surface area contributed by atoms with Crippen LogP contribution < -0.4 is 5.32 Å². The lowest BCUT2D eigenvalue weighted by Crippen LogP contribution is -2.46. The number of nitrogens with one attached hydrogen (secondary N) is 1. The second kappa shape index (κ2) is 10.3. The molecule has 4 rings (SSSR count). The molecule has 0 radical (unpaired) electrons. The van der Waals surface area contributed by atoms with Gasteiger partial charge >= 0.3 is 0 Å². The number of amides is 1. The van der Waals surface area contributed by atoms with Crippen molar-refractivity contribution >= 4 is 39.0 Å². The first-order chi connectivity index (χ1) is 14.5. The van der Waals surface area contributed by atoms with Gasteiger partial charge in [-0.2, -0.15) is 16.1 Å². The van der Waals surface area contributed by atoms with E-state index in [1.165, 1.54) is 54.3 Å². The highest BCUT2D eigenvalue weighted by Gasteiger charge is 2.32. The van der Waals surface area contributed by atoms with Crippen LogP contribution in [0, 0.1) is 5.92 Å². The monoisotopic (exact) mass is 471 g/mol. The molecule has 3 aliphatic rings. The molecule has 2 aliphatic heterocycles. The second-order valence-corrected chi connectivity index (χ2v) is 12.7. The van der Waals surface area contributed by atoms with Gasteiger partial charge in [-0.1, -0.05) is 19.3 Å². The van der Waals surface area contributed by atoms with Gasteiger partial charge in [-0.15, -0.1) is 11.3 Å². The Morgan fingerprint density at radius 2 is 1.73 bits per heavy atom. The number of piperidine rings is 1. The molecule has 0 bridgehead atoms. The molecule has 0 atom stereocenters. The molecule has 0 aromatic carbocycles. The van der Waals surface area contributed by atoms with Gasteiger partial charge in [0.15, 0.2) is 0 Å². The van der Waals surface area contributed by atoms with E-state index in [1.807, 2.05) is 0 Å². The van der Waals surface area contributed by atoms with Crippen molar-refractivity contribution in [2.75, 3.05) is 44.2 Å². The molecule has 0 unspecified atom stereocenters. The molecule has 1 amide bonds. The van der Waals surface area contributed by atoms with E-state index in [2.05, 4.69) is 10.2 Å². The SMILES string of the molecule is O=C(NC1CCN(CC2CCCCC2)CC1)c1sccc1S(=O)(=O)N1CCSCC1. The molecule has 1 aromatic heterocycles. The predicted octanol–water partition coefficient (Wildman–Crippen LogP) is 3.26. The number of hydrogen-bond acceptors (Lipinski definition) is 6. The first kappa shape index (κ1) is 22.6. The molecule has 30 heavy (non-hydrogen) atoms. The number of hydrogen-bond donors (Lipinski definition) is 1. The molecule has 6 nitrogen and oxygen atoms in total. The zero-order valence-electron chi connectivity index (χ0n) is 17.6. The summed E-state index contributed by atoms with van der Waals surface area (Å²) in [6.45, 7) is 4.26. The van der Waals surface area contributed by atoms with E-state index in [4.69, 9.17) is 0 Å². The fraction of sp³-hybridized carbons (Fsp3) is 0.762. The van der Waals surface area contributed by atoms with Gasteiger partial charge in [0, 0.05) is 50.3 Å². The van der Waals surface area contributed by atoms with E-state index in [1.54, 1.807) is 23.2 Å². The van der Waals surface area contributed by atoms with Gasteiger partial charge in [-0.05, 0) is 43.0 Å². The lowest BCUT2D eigenvalue weighted by atomic mass is 9.88. The average molecular weight is 472 g/mol. The number of rotatable bonds is 6. The van der Waals surface area contributed by atoms with Crippen molar-refractivity contribution in [3.63, 3.8) is 0 Å². The molecule has 1 N–H and O–H groups in total. The van der Waals surface area contributed by atoms with Gasteiger partial charge in [0.05, 0.1) is 0 Å². The normalized spacial score (nSPS) is 23.5. The van der Waals surface area contributed by atoms with Crippen molar-refractivity contribution in [3.8, 4) is 0 Å². The van der Waals surface area contributed by atoms with Gasteiger partial charge < -0.3 is 10.2 Å². The summed E-state index contributed by atoms with van der Waals surface area (Å²) in [7, 11) is -3.60. The molecule has 9 heteroatoms. The third-order valence-electron chi connectivity index (χ3n) is 6.59. The summed E-state index contributed by atoms with van der Waals surface area (Å²) >= 11 is 3.00. The minimum atomic E-state index is -3.60. The van der Waals surface area contributed by atoms with Gasteiger partial charge in [0.2, 0.25) is 10.0 Å². The zero-order chi connectivity index (χ0) is 21.0. The smallest absolute Gasteiger partial charge is 0.262 e. The van der Waals surface area contributed by atoms with Crippen molar-refractivity contribution in [1.82, 2.24) is 14.5 Å². The van der Waals surface area contributed by atoms with E-state index in [9.17, 15) is 13.2 Å². The Hall–Kier alpha value is -0.610. The minimum Gasteiger partial charge on any atom is -0.348 e. The maximum absolute atomic E-state index is 13.0. The van der Waals surface area contributed by atoms with Crippen molar-refractivity contribution < 1.29 is 13.2 Å². The van der Waals surface area contributed by atoms with Crippen molar-refractivity contribution in [3.05, 3.63) is 16.3 Å². The summed E-state index contributed by atoms with van der Waals surface area (Å²) in [5, 5.41) is 4.83. The third-order valence-corrected chi connectivity index (χ3v) is 10.5. The molecule has 0 spiro atoms. The Morgan fingerprint density at radius 1 is 1.03 bits per heavy atom. The minimum absolute atomic E-state index is 0.129. The third kappa shape index (κ3) is 5.41. The van der Waals surface area contributed by atoms with E-state index in [-0.39, 0.29) is 16.8 Å². The van der Waals surface area contributed by atoms with E-state index in [0.29, 0.717) is 18.0 Å². The summed E-state index contributed by atoms with van der Waals surface area (Å²) in [5.41, 5.74) is 0. The van der Waals surface area contributed by atoms with E-state index >= 15 is 0 Å². The number of carbonyl (C=O) groups is 1. The van der Waals surface area contributed by atoms with Crippen LogP contribution >= 0.6 is 23.1 Å². The fourth-order valence-electron chi connectivity index (χ4n) is 4.84. The Kier molecular flexibility index (Phi) is 7.78. The summed E-state index contributed by atoms with van der Waals surface area (Å²) in [6, 6.07) is 1.72. The van der Waals surface area contributed by atoms with Crippen molar-refractivity contribution in [1.29, 1.82) is 0 Å². The van der Waals surface area contributed by atoms with Crippen LogP contribution in [-0.4, -0.2) is 73.8 Å². The van der Waals surface area contributed by atoms with Crippen molar-refractivity contribution in [2.24, 2.45) is 5.92 Å². The average Bonchev–Trinajstić information content (AvgIpc) is 3.28. The van der Waals surface area contributed by atoms with Crippen LogP contribution in [0.15, 0.2) is 16.3 Å². The topological polar surface area (TPSA) is 69.7 Å². The van der Waals surface area contributed by atoms with Gasteiger partial charge in [0.1, 0.15) is 9.77 Å². The second-order valence-electron chi connectivity index (χ2n) is 8.68. The van der Waals surface area contributed by atoms with Crippen LogP contribution in [-0.2, 0) is 10.0 Å². The highest BCUT2D eigenvalue weighted by atomic mass is 32.2. The Bertz CT molecular complexity index is 806. The highest BCUT2D eigenvalue weighted by Crippen LogP contribution is 2.28. The number of nitrogens with zero attached hydrogens (tertiary/aromatic N) is 2. The maximum Gasteiger partial charge on any atom is 0.262 e. The molecule has 1 aromatic rings. The first-order valence-corrected chi connectivity index (χ1v) is 14.7. The lowest BCUT2D eigenvalue weighted by molar-refractivity contribution is 0.0902. The van der Waals surface area contributed by atoms with Crippen LogP contribution in [0.4, 0.5) is 0 Å². The number of carbonyl (C=O) groups excluding carboxylic acids is 1. The van der Waals surface area contributed by atoms with Crippen LogP contribution in [0.25, 0.3) is 0 Å². The van der Waals surface area contributed by atoms with Crippen LogP contribution in [0.2, 0.25) is 0 Å².